The molecule has 2 heterocycles. The molecule has 1 saturated heterocycles. The summed E-state index contributed by atoms with van der Waals surface area (Å²) in [4.78, 5) is 19.1. The van der Waals surface area contributed by atoms with Gasteiger partial charge in [-0.2, -0.15) is 0 Å². The molecule has 2 aromatic rings. The van der Waals surface area contributed by atoms with Crippen molar-refractivity contribution in [2.45, 2.75) is 58.0 Å². The number of hydrogen-bond donors (Lipinski definition) is 1. The lowest BCUT2D eigenvalue weighted by Gasteiger charge is -2.36. The van der Waals surface area contributed by atoms with Gasteiger partial charge in [0.15, 0.2) is 0 Å². The first-order valence-corrected chi connectivity index (χ1v) is 9.18. The molecule has 0 bridgehead atoms. The fraction of sp³-hybridized carbons (Fsp3) is 0.500. The van der Waals surface area contributed by atoms with E-state index in [1.54, 1.807) is 12.1 Å². The van der Waals surface area contributed by atoms with Gasteiger partial charge in [0, 0.05) is 37.9 Å². The highest BCUT2D eigenvalue weighted by Gasteiger charge is 2.26. The standard InChI is InChI=1S/C20H27N3O2/c1-16-21-12-15-22(16)14-11-18-4-2-3-13-23(18)20(25)10-7-17-5-8-19(24)9-6-17/h5-6,8-9,12,15,18,24H,2-4,7,10-11,13-14H2,1H3/t18-/m1/s1. The van der Waals surface area contributed by atoms with Crippen LogP contribution < -0.4 is 0 Å². The van der Waals surface area contributed by atoms with Gasteiger partial charge in [-0.05, 0) is 56.7 Å². The quantitative estimate of drug-likeness (QED) is 0.877. The second kappa shape index (κ2) is 8.19. The molecule has 1 aliphatic heterocycles. The van der Waals surface area contributed by atoms with Crippen LogP contribution >= 0.6 is 0 Å². The molecule has 134 valence electrons. The minimum atomic E-state index is 0.250. The zero-order chi connectivity index (χ0) is 17.6. The van der Waals surface area contributed by atoms with Crippen LogP contribution in [-0.2, 0) is 17.8 Å². The third kappa shape index (κ3) is 4.62. The van der Waals surface area contributed by atoms with E-state index in [9.17, 15) is 9.90 Å². The molecule has 0 saturated carbocycles. The molecular weight excluding hydrogens is 314 g/mol. The minimum absolute atomic E-state index is 0.250. The Labute approximate surface area is 149 Å². The first kappa shape index (κ1) is 17.5. The van der Waals surface area contributed by atoms with Crippen LogP contribution in [-0.4, -0.2) is 38.1 Å². The molecule has 1 atom stereocenters. The highest BCUT2D eigenvalue weighted by atomic mass is 16.3. The Morgan fingerprint density at radius 3 is 2.80 bits per heavy atom. The summed E-state index contributed by atoms with van der Waals surface area (Å²) < 4.78 is 2.16. The van der Waals surface area contributed by atoms with Crippen molar-refractivity contribution in [3.05, 3.63) is 48.0 Å². The number of carbonyl (C=O) groups excluding carboxylic acids is 1. The summed E-state index contributed by atoms with van der Waals surface area (Å²) in [7, 11) is 0. The van der Waals surface area contributed by atoms with Crippen molar-refractivity contribution in [2.75, 3.05) is 6.54 Å². The van der Waals surface area contributed by atoms with Gasteiger partial charge in [0.05, 0.1) is 0 Å². The average Bonchev–Trinajstić information content (AvgIpc) is 3.04. The van der Waals surface area contributed by atoms with E-state index in [1.807, 2.05) is 31.5 Å². The van der Waals surface area contributed by atoms with Crippen LogP contribution in [0.4, 0.5) is 0 Å². The summed E-state index contributed by atoms with van der Waals surface area (Å²) in [6.45, 7) is 3.81. The first-order valence-electron chi connectivity index (χ1n) is 9.18. The van der Waals surface area contributed by atoms with E-state index in [0.29, 0.717) is 12.5 Å². The number of piperidine rings is 1. The molecule has 1 amide bonds. The number of amides is 1. The van der Waals surface area contributed by atoms with Gasteiger partial charge in [0.2, 0.25) is 5.91 Å². The maximum absolute atomic E-state index is 12.7. The smallest absolute Gasteiger partial charge is 0.223 e. The van der Waals surface area contributed by atoms with Crippen LogP contribution in [0.3, 0.4) is 0 Å². The van der Waals surface area contributed by atoms with E-state index in [0.717, 1.165) is 50.2 Å². The minimum Gasteiger partial charge on any atom is -0.508 e. The molecule has 0 radical (unpaired) electrons. The van der Waals surface area contributed by atoms with E-state index < -0.39 is 0 Å². The molecule has 25 heavy (non-hydrogen) atoms. The monoisotopic (exact) mass is 341 g/mol. The lowest BCUT2D eigenvalue weighted by molar-refractivity contribution is -0.135. The number of aromatic nitrogens is 2. The number of imidazole rings is 1. The van der Waals surface area contributed by atoms with Gasteiger partial charge in [-0.3, -0.25) is 4.79 Å². The van der Waals surface area contributed by atoms with E-state index >= 15 is 0 Å². The number of rotatable bonds is 6. The van der Waals surface area contributed by atoms with E-state index in [2.05, 4.69) is 14.5 Å². The van der Waals surface area contributed by atoms with Crippen molar-refractivity contribution >= 4 is 5.91 Å². The maximum atomic E-state index is 12.7. The van der Waals surface area contributed by atoms with Crippen LogP contribution in [0.15, 0.2) is 36.7 Å². The van der Waals surface area contributed by atoms with E-state index in [4.69, 9.17) is 0 Å². The highest BCUT2D eigenvalue weighted by molar-refractivity contribution is 5.77. The molecule has 1 aromatic heterocycles. The predicted octanol–water partition coefficient (Wildman–Crippen LogP) is 3.30. The topological polar surface area (TPSA) is 58.4 Å². The number of aryl methyl sites for hydroxylation is 3. The fourth-order valence-electron chi connectivity index (χ4n) is 3.61. The average molecular weight is 341 g/mol. The number of benzene rings is 1. The molecule has 5 nitrogen and oxygen atoms in total. The third-order valence-electron chi connectivity index (χ3n) is 5.14. The Balaban J connectivity index is 1.55. The van der Waals surface area contributed by atoms with Gasteiger partial charge >= 0.3 is 0 Å². The van der Waals surface area contributed by atoms with Gasteiger partial charge in [-0.15, -0.1) is 0 Å². The summed E-state index contributed by atoms with van der Waals surface area (Å²) in [6.07, 6.45) is 9.49. The zero-order valence-electron chi connectivity index (χ0n) is 14.9. The molecular formula is C20H27N3O2. The molecule has 0 aliphatic carbocycles. The number of nitrogens with zero attached hydrogens (tertiary/aromatic N) is 3. The number of aromatic hydroxyl groups is 1. The van der Waals surface area contributed by atoms with Gasteiger partial charge in [0.1, 0.15) is 11.6 Å². The lowest BCUT2D eigenvalue weighted by atomic mass is 9.98. The number of phenolic OH excluding ortho intramolecular Hbond substituents is 1. The normalized spacial score (nSPS) is 17.6. The molecule has 0 spiro atoms. The molecule has 3 rings (SSSR count). The van der Waals surface area contributed by atoms with Gasteiger partial charge < -0.3 is 14.6 Å². The number of phenols is 1. The fourth-order valence-corrected chi connectivity index (χ4v) is 3.61. The molecule has 1 aliphatic rings. The van der Waals surface area contributed by atoms with Crippen molar-refractivity contribution < 1.29 is 9.90 Å². The zero-order valence-corrected chi connectivity index (χ0v) is 14.9. The van der Waals surface area contributed by atoms with Crippen LogP contribution in [0.25, 0.3) is 0 Å². The SMILES string of the molecule is Cc1nccn1CC[C@H]1CCCCN1C(=O)CCc1ccc(O)cc1. The van der Waals surface area contributed by atoms with Crippen molar-refractivity contribution in [2.24, 2.45) is 0 Å². The molecule has 1 N–H and O–H groups in total. The molecule has 0 unspecified atom stereocenters. The Morgan fingerprint density at radius 1 is 1.28 bits per heavy atom. The van der Waals surface area contributed by atoms with Crippen molar-refractivity contribution in [1.82, 2.24) is 14.5 Å². The predicted molar refractivity (Wildman–Crippen MR) is 97.4 cm³/mol. The number of likely N-dealkylation sites (tertiary alicyclic amines) is 1. The Bertz CT molecular complexity index is 693. The van der Waals surface area contributed by atoms with Crippen LogP contribution in [0.5, 0.6) is 5.75 Å². The largest absolute Gasteiger partial charge is 0.508 e. The summed E-state index contributed by atoms with van der Waals surface area (Å²) in [5, 5.41) is 9.35. The van der Waals surface area contributed by atoms with E-state index in [1.165, 1.54) is 6.42 Å². The van der Waals surface area contributed by atoms with Crippen LogP contribution in [0.1, 0.15) is 43.5 Å². The lowest BCUT2D eigenvalue weighted by Crippen LogP contribution is -2.44. The molecule has 1 fully saturated rings. The first-order chi connectivity index (χ1) is 12.1. The van der Waals surface area contributed by atoms with Crippen molar-refractivity contribution in [1.29, 1.82) is 0 Å². The number of carbonyl (C=O) groups is 1. The maximum Gasteiger partial charge on any atom is 0.223 e. The van der Waals surface area contributed by atoms with Crippen molar-refractivity contribution in [3.8, 4) is 5.75 Å². The summed E-state index contributed by atoms with van der Waals surface area (Å²) in [5.74, 6) is 1.54. The Morgan fingerprint density at radius 2 is 2.08 bits per heavy atom. The van der Waals surface area contributed by atoms with Crippen LogP contribution in [0, 0.1) is 6.92 Å². The van der Waals surface area contributed by atoms with Gasteiger partial charge in [-0.1, -0.05) is 12.1 Å². The van der Waals surface area contributed by atoms with Gasteiger partial charge in [0.25, 0.3) is 0 Å². The van der Waals surface area contributed by atoms with Crippen LogP contribution in [0.2, 0.25) is 0 Å². The Kier molecular flexibility index (Phi) is 5.74. The van der Waals surface area contributed by atoms with Gasteiger partial charge in [-0.25, -0.2) is 4.98 Å². The molecule has 1 aromatic carbocycles. The highest BCUT2D eigenvalue weighted by Crippen LogP contribution is 2.22. The third-order valence-corrected chi connectivity index (χ3v) is 5.14. The summed E-state index contributed by atoms with van der Waals surface area (Å²) >= 11 is 0. The summed E-state index contributed by atoms with van der Waals surface area (Å²) in [5.41, 5.74) is 1.09. The summed E-state index contributed by atoms with van der Waals surface area (Å²) in [6, 6.07) is 7.47. The Hall–Kier alpha value is -2.30. The van der Waals surface area contributed by atoms with Crippen molar-refractivity contribution in [3.63, 3.8) is 0 Å². The second-order valence-electron chi connectivity index (χ2n) is 6.86. The second-order valence-corrected chi connectivity index (χ2v) is 6.86. The van der Waals surface area contributed by atoms with E-state index in [-0.39, 0.29) is 11.7 Å². The molecule has 5 heteroatoms. The number of hydrogen-bond acceptors (Lipinski definition) is 3.